The van der Waals surface area contributed by atoms with E-state index in [-0.39, 0.29) is 6.09 Å². The number of carbonyl (C=O) groups excluding carboxylic acids is 1. The summed E-state index contributed by atoms with van der Waals surface area (Å²) in [4.78, 5) is 17.5. The number of hydrogen-bond acceptors (Lipinski definition) is 4. The van der Waals surface area contributed by atoms with Crippen LogP contribution in [-0.2, 0) is 4.74 Å². The summed E-state index contributed by atoms with van der Waals surface area (Å²) in [6.07, 6.45) is 3.25. The Bertz CT molecular complexity index is 499. The highest BCUT2D eigenvalue weighted by atomic mass is 19.1. The molecule has 1 fully saturated rings. The molecular weight excluding hydrogens is 285 g/mol. The Morgan fingerprint density at radius 2 is 2.27 bits per heavy atom. The Morgan fingerprint density at radius 3 is 2.91 bits per heavy atom. The van der Waals surface area contributed by atoms with Crippen molar-refractivity contribution in [3.8, 4) is 0 Å². The number of pyridine rings is 1. The fourth-order valence-electron chi connectivity index (χ4n) is 2.47. The number of carbonyl (C=O) groups is 1. The van der Waals surface area contributed by atoms with Crippen LogP contribution in [0.25, 0.3) is 0 Å². The van der Waals surface area contributed by atoms with Crippen molar-refractivity contribution < 1.29 is 13.9 Å². The summed E-state index contributed by atoms with van der Waals surface area (Å²) in [5.74, 6) is -0.134. The summed E-state index contributed by atoms with van der Waals surface area (Å²) < 4.78 is 18.2. The van der Waals surface area contributed by atoms with Gasteiger partial charge in [0.1, 0.15) is 5.60 Å². The highest BCUT2D eigenvalue weighted by Gasteiger charge is 2.27. The number of aromatic nitrogens is 1. The maximum Gasteiger partial charge on any atom is 0.410 e. The van der Waals surface area contributed by atoms with Crippen molar-refractivity contribution in [1.82, 2.24) is 9.88 Å². The summed E-state index contributed by atoms with van der Waals surface area (Å²) in [5, 5.41) is 3.24. The average Bonchev–Trinajstić information content (AvgIpc) is 2.45. The lowest BCUT2D eigenvalue weighted by atomic mass is 9.98. The Hall–Kier alpha value is -1.85. The SMILES string of the molecule is CC(C)(C)OC(=O)N1CCCC(CNc2ccc(F)nc2)C1. The Labute approximate surface area is 130 Å². The molecule has 1 aromatic heterocycles. The second-order valence-electron chi connectivity index (χ2n) is 6.69. The van der Waals surface area contributed by atoms with E-state index in [1.165, 1.54) is 12.3 Å². The molecule has 0 saturated carbocycles. The van der Waals surface area contributed by atoms with Gasteiger partial charge >= 0.3 is 6.09 Å². The van der Waals surface area contributed by atoms with E-state index in [9.17, 15) is 9.18 Å². The van der Waals surface area contributed by atoms with Crippen LogP contribution in [0, 0.1) is 11.9 Å². The largest absolute Gasteiger partial charge is 0.444 e. The fourth-order valence-corrected chi connectivity index (χ4v) is 2.47. The van der Waals surface area contributed by atoms with Crippen molar-refractivity contribution >= 4 is 11.8 Å². The van der Waals surface area contributed by atoms with E-state index in [2.05, 4.69) is 10.3 Å². The molecule has 1 atom stereocenters. The van der Waals surface area contributed by atoms with Crippen molar-refractivity contribution in [2.45, 2.75) is 39.2 Å². The molecule has 0 aliphatic carbocycles. The molecule has 1 saturated heterocycles. The van der Waals surface area contributed by atoms with Gasteiger partial charge < -0.3 is 15.0 Å². The van der Waals surface area contributed by atoms with E-state index in [1.807, 2.05) is 20.8 Å². The molecule has 1 aromatic rings. The molecule has 1 aliphatic heterocycles. The lowest BCUT2D eigenvalue weighted by molar-refractivity contribution is 0.0172. The molecule has 6 heteroatoms. The lowest BCUT2D eigenvalue weighted by Crippen LogP contribution is -2.44. The van der Waals surface area contributed by atoms with Gasteiger partial charge in [0.15, 0.2) is 0 Å². The third-order valence-corrected chi connectivity index (χ3v) is 3.49. The van der Waals surface area contributed by atoms with Crippen molar-refractivity contribution in [3.63, 3.8) is 0 Å². The fraction of sp³-hybridized carbons (Fsp3) is 0.625. The van der Waals surface area contributed by atoms with Crippen molar-refractivity contribution in [2.75, 3.05) is 25.0 Å². The average molecular weight is 309 g/mol. The van der Waals surface area contributed by atoms with E-state index in [1.54, 1.807) is 11.0 Å². The molecule has 0 spiro atoms. The first-order chi connectivity index (χ1) is 10.3. The van der Waals surface area contributed by atoms with E-state index < -0.39 is 11.5 Å². The summed E-state index contributed by atoms with van der Waals surface area (Å²) in [6, 6.07) is 2.99. The molecular formula is C16H24FN3O2. The number of likely N-dealkylation sites (tertiary alicyclic amines) is 1. The van der Waals surface area contributed by atoms with Gasteiger partial charge in [-0.1, -0.05) is 0 Å². The number of nitrogens with one attached hydrogen (secondary N) is 1. The maximum absolute atomic E-state index is 12.8. The Morgan fingerprint density at radius 1 is 1.50 bits per heavy atom. The number of piperidine rings is 1. The van der Waals surface area contributed by atoms with Crippen molar-refractivity contribution in [3.05, 3.63) is 24.3 Å². The van der Waals surface area contributed by atoms with Gasteiger partial charge in [0, 0.05) is 19.6 Å². The van der Waals surface area contributed by atoms with E-state index in [4.69, 9.17) is 4.74 Å². The van der Waals surface area contributed by atoms with Gasteiger partial charge in [-0.3, -0.25) is 0 Å². The van der Waals surface area contributed by atoms with Crippen LogP contribution in [-0.4, -0.2) is 41.2 Å². The third-order valence-electron chi connectivity index (χ3n) is 3.49. The van der Waals surface area contributed by atoms with Gasteiger partial charge in [0.05, 0.1) is 11.9 Å². The minimum Gasteiger partial charge on any atom is -0.444 e. The van der Waals surface area contributed by atoms with Gasteiger partial charge in [-0.25, -0.2) is 9.78 Å². The zero-order valence-electron chi connectivity index (χ0n) is 13.4. The third kappa shape index (κ3) is 5.16. The number of anilines is 1. The molecule has 1 unspecified atom stereocenters. The number of hydrogen-bond donors (Lipinski definition) is 1. The monoisotopic (exact) mass is 309 g/mol. The quantitative estimate of drug-likeness (QED) is 0.871. The second-order valence-corrected chi connectivity index (χ2v) is 6.69. The van der Waals surface area contributed by atoms with Gasteiger partial charge in [-0.2, -0.15) is 4.39 Å². The highest BCUT2D eigenvalue weighted by Crippen LogP contribution is 2.20. The van der Waals surface area contributed by atoms with Crippen LogP contribution in [0.4, 0.5) is 14.9 Å². The van der Waals surface area contributed by atoms with Gasteiger partial charge in [-0.15, -0.1) is 0 Å². The van der Waals surface area contributed by atoms with Crippen LogP contribution in [0.1, 0.15) is 33.6 Å². The van der Waals surface area contributed by atoms with Crippen LogP contribution in [0.5, 0.6) is 0 Å². The summed E-state index contributed by atoms with van der Waals surface area (Å²) in [7, 11) is 0. The number of nitrogens with zero attached hydrogens (tertiary/aromatic N) is 2. The molecule has 22 heavy (non-hydrogen) atoms. The first-order valence-corrected chi connectivity index (χ1v) is 7.67. The summed E-state index contributed by atoms with van der Waals surface area (Å²) in [5.41, 5.74) is 0.318. The molecule has 122 valence electrons. The van der Waals surface area contributed by atoms with Crippen LogP contribution in [0.15, 0.2) is 18.3 Å². The molecule has 2 heterocycles. The van der Waals surface area contributed by atoms with Gasteiger partial charge in [0.25, 0.3) is 0 Å². The molecule has 1 amide bonds. The van der Waals surface area contributed by atoms with Gasteiger partial charge in [0.2, 0.25) is 5.95 Å². The highest BCUT2D eigenvalue weighted by molar-refractivity contribution is 5.68. The number of rotatable bonds is 3. The number of amides is 1. The Kier molecular flexibility index (Phi) is 5.21. The molecule has 0 aromatic carbocycles. The van der Waals surface area contributed by atoms with Gasteiger partial charge in [-0.05, 0) is 51.7 Å². The van der Waals surface area contributed by atoms with Crippen molar-refractivity contribution in [2.24, 2.45) is 5.92 Å². The van der Waals surface area contributed by atoms with E-state index >= 15 is 0 Å². The Balaban J connectivity index is 1.82. The minimum absolute atomic E-state index is 0.249. The first kappa shape index (κ1) is 16.5. The van der Waals surface area contributed by atoms with Crippen molar-refractivity contribution in [1.29, 1.82) is 0 Å². The summed E-state index contributed by atoms with van der Waals surface area (Å²) >= 11 is 0. The molecule has 0 radical (unpaired) electrons. The normalized spacial score (nSPS) is 18.9. The van der Waals surface area contributed by atoms with Crippen LogP contribution in [0.3, 0.4) is 0 Å². The maximum atomic E-state index is 12.8. The molecule has 5 nitrogen and oxygen atoms in total. The first-order valence-electron chi connectivity index (χ1n) is 7.67. The molecule has 1 N–H and O–H groups in total. The zero-order valence-corrected chi connectivity index (χ0v) is 13.4. The minimum atomic E-state index is -0.487. The summed E-state index contributed by atoms with van der Waals surface area (Å²) in [6.45, 7) is 7.76. The second kappa shape index (κ2) is 6.94. The van der Waals surface area contributed by atoms with Crippen LogP contribution in [0.2, 0.25) is 0 Å². The molecule has 0 bridgehead atoms. The van der Waals surface area contributed by atoms with E-state index in [0.717, 1.165) is 31.6 Å². The standard InChI is InChI=1S/C16H24FN3O2/c1-16(2,3)22-15(21)20-8-4-5-12(11-20)9-18-13-6-7-14(17)19-10-13/h6-7,10,12,18H,4-5,8-9,11H2,1-3H3. The predicted molar refractivity (Wildman–Crippen MR) is 83.2 cm³/mol. The van der Waals surface area contributed by atoms with Crippen LogP contribution >= 0.6 is 0 Å². The zero-order chi connectivity index (χ0) is 16.2. The van der Waals surface area contributed by atoms with E-state index in [0.29, 0.717) is 12.5 Å². The van der Waals surface area contributed by atoms with Crippen LogP contribution < -0.4 is 5.32 Å². The predicted octanol–water partition coefficient (Wildman–Crippen LogP) is 3.28. The topological polar surface area (TPSA) is 54.5 Å². The smallest absolute Gasteiger partial charge is 0.410 e. The molecule has 1 aliphatic rings. The number of ether oxygens (including phenoxy) is 1. The lowest BCUT2D eigenvalue weighted by Gasteiger charge is -2.34. The number of halogens is 1. The molecule has 2 rings (SSSR count).